The van der Waals surface area contributed by atoms with Crippen LogP contribution in [0.25, 0.3) is 0 Å². The summed E-state index contributed by atoms with van der Waals surface area (Å²) in [5.41, 5.74) is 0.772. The predicted octanol–water partition coefficient (Wildman–Crippen LogP) is 3.27. The first-order valence-corrected chi connectivity index (χ1v) is 12.4. The van der Waals surface area contributed by atoms with Crippen LogP contribution in [0.2, 0.25) is 0 Å². The topological polar surface area (TPSA) is 86.7 Å². The standard InChI is InChI=1S/C24H34O5S.K/c1-2-3-4-5-6-7-8-9-10-11-13-20-16-17-22(19-24(20)25)29-21-14-12-15-23(18-21)30(26,27)28;/h12,14-19,25H,2-11,13H2,1H3,(H,26,27,28);/q;+1/p-1. The molecule has 0 radical (unpaired) electrons. The summed E-state index contributed by atoms with van der Waals surface area (Å²) in [5.74, 6) is 0.514. The minimum Gasteiger partial charge on any atom is -0.872 e. The average Bonchev–Trinajstić information content (AvgIpc) is 2.70. The van der Waals surface area contributed by atoms with Crippen molar-refractivity contribution in [3.8, 4) is 17.2 Å². The maximum absolute atomic E-state index is 12.3. The summed E-state index contributed by atoms with van der Waals surface area (Å²) in [6.45, 7) is 2.24. The van der Waals surface area contributed by atoms with Crippen LogP contribution >= 0.6 is 0 Å². The Labute approximate surface area is 229 Å². The van der Waals surface area contributed by atoms with Gasteiger partial charge in [0, 0.05) is 6.07 Å². The fourth-order valence-electron chi connectivity index (χ4n) is 3.44. The van der Waals surface area contributed by atoms with Crippen molar-refractivity contribution in [2.45, 2.75) is 82.4 Å². The maximum Gasteiger partial charge on any atom is 1.00 e. The fourth-order valence-corrected chi connectivity index (χ4v) is 3.96. The zero-order chi connectivity index (χ0) is 21.8. The molecule has 1 N–H and O–H groups in total. The summed E-state index contributed by atoms with van der Waals surface area (Å²) in [6.07, 6.45) is 13.4. The van der Waals surface area contributed by atoms with Gasteiger partial charge < -0.3 is 9.84 Å². The molecule has 0 aliphatic heterocycles. The molecule has 2 rings (SSSR count). The number of rotatable bonds is 14. The van der Waals surface area contributed by atoms with Crippen molar-refractivity contribution in [3.05, 3.63) is 48.0 Å². The molecule has 5 nitrogen and oxygen atoms in total. The molecule has 7 heteroatoms. The van der Waals surface area contributed by atoms with E-state index in [4.69, 9.17) is 9.29 Å². The smallest absolute Gasteiger partial charge is 0.872 e. The Morgan fingerprint density at radius 3 is 2.00 bits per heavy atom. The predicted molar refractivity (Wildman–Crippen MR) is 118 cm³/mol. The number of benzene rings is 2. The first-order chi connectivity index (χ1) is 14.4. The van der Waals surface area contributed by atoms with E-state index in [1.165, 1.54) is 75.6 Å². The van der Waals surface area contributed by atoms with Crippen molar-refractivity contribution in [2.75, 3.05) is 0 Å². The van der Waals surface area contributed by atoms with Gasteiger partial charge in [-0.05, 0) is 37.1 Å². The van der Waals surface area contributed by atoms with E-state index >= 15 is 0 Å². The Bertz CT molecular complexity index is 883. The van der Waals surface area contributed by atoms with Crippen LogP contribution in [-0.4, -0.2) is 13.0 Å². The van der Waals surface area contributed by atoms with E-state index in [1.807, 2.05) is 0 Å². The first-order valence-electron chi connectivity index (χ1n) is 11.0. The molecular formula is C24H33KO5S. The Balaban J connectivity index is 0.00000480. The summed E-state index contributed by atoms with van der Waals surface area (Å²) in [5, 5.41) is 12.3. The van der Waals surface area contributed by atoms with Crippen LogP contribution in [0.15, 0.2) is 47.4 Å². The fraction of sp³-hybridized carbons (Fsp3) is 0.500. The largest absolute Gasteiger partial charge is 1.00 e. The van der Waals surface area contributed by atoms with E-state index in [1.54, 1.807) is 18.2 Å². The summed E-state index contributed by atoms with van der Waals surface area (Å²) in [7, 11) is -4.30. The zero-order valence-electron chi connectivity index (χ0n) is 18.8. The second-order valence-corrected chi connectivity index (χ2v) is 9.18. The summed E-state index contributed by atoms with van der Waals surface area (Å²) in [6, 6.07) is 10.4. The minimum atomic E-state index is -4.30. The van der Waals surface area contributed by atoms with Gasteiger partial charge in [-0.2, -0.15) is 8.42 Å². The molecule has 0 saturated carbocycles. The zero-order valence-corrected chi connectivity index (χ0v) is 22.7. The van der Waals surface area contributed by atoms with Gasteiger partial charge in [-0.25, -0.2) is 0 Å². The van der Waals surface area contributed by atoms with Crippen molar-refractivity contribution in [1.29, 1.82) is 0 Å². The normalized spacial score (nSPS) is 11.2. The molecule has 0 aromatic heterocycles. The molecule has 0 atom stereocenters. The summed E-state index contributed by atoms with van der Waals surface area (Å²) < 4.78 is 37.1. The van der Waals surface area contributed by atoms with Crippen LogP contribution < -0.4 is 61.2 Å². The van der Waals surface area contributed by atoms with Crippen LogP contribution in [0, 0.1) is 0 Å². The monoisotopic (exact) mass is 472 g/mol. The Kier molecular flexibility index (Phi) is 14.2. The number of hydrogen-bond acceptors (Lipinski definition) is 4. The molecule has 0 saturated heterocycles. The van der Waals surface area contributed by atoms with E-state index in [0.717, 1.165) is 24.8 Å². The third-order valence-electron chi connectivity index (χ3n) is 5.18. The minimum absolute atomic E-state index is 0. The van der Waals surface area contributed by atoms with Gasteiger partial charge in [0.25, 0.3) is 10.1 Å². The van der Waals surface area contributed by atoms with E-state index in [0.29, 0.717) is 5.75 Å². The van der Waals surface area contributed by atoms with Crippen LogP contribution in [0.5, 0.6) is 17.2 Å². The molecule has 0 spiro atoms. The van der Waals surface area contributed by atoms with Crippen LogP contribution in [0.1, 0.15) is 76.7 Å². The van der Waals surface area contributed by atoms with E-state index in [9.17, 15) is 13.5 Å². The molecule has 0 unspecified atom stereocenters. The van der Waals surface area contributed by atoms with Gasteiger partial charge in [-0.3, -0.25) is 4.55 Å². The van der Waals surface area contributed by atoms with Crippen molar-refractivity contribution in [2.24, 2.45) is 0 Å². The van der Waals surface area contributed by atoms with Crippen LogP contribution in [0.3, 0.4) is 0 Å². The molecule has 0 fully saturated rings. The van der Waals surface area contributed by atoms with Gasteiger partial charge in [0.2, 0.25) is 0 Å². The molecule has 0 heterocycles. The molecule has 31 heavy (non-hydrogen) atoms. The van der Waals surface area contributed by atoms with E-state index in [-0.39, 0.29) is 67.8 Å². The molecule has 2 aromatic rings. The van der Waals surface area contributed by atoms with Crippen molar-refractivity contribution in [1.82, 2.24) is 0 Å². The molecule has 2 aromatic carbocycles. The maximum atomic E-state index is 12.3. The SMILES string of the molecule is CCCCCCCCCCCCc1ccc(Oc2cccc(S(=O)(=O)O)c2)cc1[O-].[K+]. The van der Waals surface area contributed by atoms with Gasteiger partial charge in [-0.1, -0.05) is 82.4 Å². The summed E-state index contributed by atoms with van der Waals surface area (Å²) in [4.78, 5) is -0.250. The Morgan fingerprint density at radius 2 is 1.42 bits per heavy atom. The number of aryl methyl sites for hydroxylation is 1. The molecule has 0 bridgehead atoms. The van der Waals surface area contributed by atoms with Crippen LogP contribution in [-0.2, 0) is 16.5 Å². The molecular weight excluding hydrogens is 439 g/mol. The second-order valence-electron chi connectivity index (χ2n) is 7.75. The van der Waals surface area contributed by atoms with E-state index < -0.39 is 10.1 Å². The molecule has 0 aliphatic carbocycles. The molecule has 0 aliphatic rings. The Hall–Kier alpha value is -0.414. The van der Waals surface area contributed by atoms with Gasteiger partial charge in [-0.15, -0.1) is 5.75 Å². The third-order valence-corrected chi connectivity index (χ3v) is 6.03. The van der Waals surface area contributed by atoms with E-state index in [2.05, 4.69) is 6.92 Å². The van der Waals surface area contributed by atoms with Crippen molar-refractivity contribution >= 4 is 10.1 Å². The first kappa shape index (κ1) is 28.6. The number of unbranched alkanes of at least 4 members (excludes halogenated alkanes) is 9. The van der Waals surface area contributed by atoms with Crippen molar-refractivity contribution in [3.63, 3.8) is 0 Å². The number of hydrogen-bond donors (Lipinski definition) is 1. The van der Waals surface area contributed by atoms with Gasteiger partial charge in [0.05, 0.1) is 4.90 Å². The van der Waals surface area contributed by atoms with Crippen molar-refractivity contribution < 1.29 is 74.2 Å². The van der Waals surface area contributed by atoms with Gasteiger partial charge in [0.15, 0.2) is 0 Å². The van der Waals surface area contributed by atoms with Gasteiger partial charge in [0.1, 0.15) is 11.5 Å². The van der Waals surface area contributed by atoms with Gasteiger partial charge >= 0.3 is 51.4 Å². The molecule has 166 valence electrons. The Morgan fingerprint density at radius 1 is 0.839 bits per heavy atom. The quantitative estimate of drug-likeness (QED) is 0.259. The number of ether oxygens (including phenoxy) is 1. The average molecular weight is 473 g/mol. The second kappa shape index (κ2) is 15.4. The molecule has 0 amide bonds. The summed E-state index contributed by atoms with van der Waals surface area (Å²) >= 11 is 0. The van der Waals surface area contributed by atoms with Crippen LogP contribution in [0.4, 0.5) is 0 Å². The third kappa shape index (κ3) is 11.3.